The predicted octanol–water partition coefficient (Wildman–Crippen LogP) is 0.0201. The van der Waals surface area contributed by atoms with Crippen molar-refractivity contribution in [3.63, 3.8) is 0 Å². The van der Waals surface area contributed by atoms with Crippen LogP contribution in [0.3, 0.4) is 0 Å². The Hall–Kier alpha value is -0.170. The molecule has 0 aromatic rings. The van der Waals surface area contributed by atoms with Crippen LogP contribution in [0.5, 0.6) is 0 Å². The number of rotatable bonds is 4. The van der Waals surface area contributed by atoms with Crippen LogP contribution < -0.4 is 5.32 Å². The standard InChI is InChI=1S/C12H24N2O3S/c15-9-12-4-2-6-14(8-12)18(16,17)10-11-3-1-5-13-7-11/h11-13,15H,1-10H2. The Bertz CT molecular complexity index is 352. The lowest BCUT2D eigenvalue weighted by molar-refractivity contribution is 0.165. The molecule has 6 heteroatoms. The number of aliphatic hydroxyl groups is 1. The van der Waals surface area contributed by atoms with Crippen LogP contribution in [0.4, 0.5) is 0 Å². The van der Waals surface area contributed by atoms with Gasteiger partial charge < -0.3 is 10.4 Å². The maximum atomic E-state index is 12.3. The van der Waals surface area contributed by atoms with Crippen LogP contribution in [0.1, 0.15) is 25.7 Å². The number of nitrogens with zero attached hydrogens (tertiary/aromatic N) is 1. The fourth-order valence-electron chi connectivity index (χ4n) is 2.90. The van der Waals surface area contributed by atoms with E-state index in [1.165, 1.54) is 0 Å². The van der Waals surface area contributed by atoms with Crippen molar-refractivity contribution in [1.29, 1.82) is 0 Å². The highest BCUT2D eigenvalue weighted by atomic mass is 32.2. The van der Waals surface area contributed by atoms with Gasteiger partial charge in [0.05, 0.1) is 5.75 Å². The van der Waals surface area contributed by atoms with E-state index in [2.05, 4.69) is 5.32 Å². The van der Waals surface area contributed by atoms with E-state index in [0.29, 0.717) is 13.1 Å². The maximum absolute atomic E-state index is 12.3. The molecule has 2 unspecified atom stereocenters. The van der Waals surface area contributed by atoms with Crippen molar-refractivity contribution in [2.24, 2.45) is 11.8 Å². The second-order valence-electron chi connectivity index (χ2n) is 5.54. The van der Waals surface area contributed by atoms with Crippen molar-refractivity contribution < 1.29 is 13.5 Å². The molecule has 2 saturated heterocycles. The van der Waals surface area contributed by atoms with Gasteiger partial charge in [0.25, 0.3) is 0 Å². The minimum atomic E-state index is -3.14. The van der Waals surface area contributed by atoms with E-state index in [1.807, 2.05) is 0 Å². The normalized spacial score (nSPS) is 31.4. The molecule has 0 aliphatic carbocycles. The fourth-order valence-corrected chi connectivity index (χ4v) is 4.83. The topological polar surface area (TPSA) is 69.6 Å². The van der Waals surface area contributed by atoms with Crippen LogP contribution in [-0.4, -0.2) is 56.4 Å². The molecule has 0 aromatic heterocycles. The van der Waals surface area contributed by atoms with Crippen molar-refractivity contribution in [3.8, 4) is 0 Å². The Morgan fingerprint density at radius 1 is 1.22 bits per heavy atom. The quantitative estimate of drug-likeness (QED) is 0.759. The summed E-state index contributed by atoms with van der Waals surface area (Å²) in [6.45, 7) is 3.04. The molecule has 18 heavy (non-hydrogen) atoms. The molecule has 2 N–H and O–H groups in total. The molecule has 2 aliphatic heterocycles. The smallest absolute Gasteiger partial charge is 0.214 e. The Balaban J connectivity index is 1.92. The van der Waals surface area contributed by atoms with Crippen LogP contribution in [0.15, 0.2) is 0 Å². The first-order valence-corrected chi connectivity index (χ1v) is 8.52. The third-order valence-corrected chi connectivity index (χ3v) is 5.99. The van der Waals surface area contributed by atoms with E-state index in [0.717, 1.165) is 38.8 Å². The van der Waals surface area contributed by atoms with Gasteiger partial charge in [-0.25, -0.2) is 12.7 Å². The van der Waals surface area contributed by atoms with Crippen LogP contribution in [0.2, 0.25) is 0 Å². The molecular weight excluding hydrogens is 252 g/mol. The summed E-state index contributed by atoms with van der Waals surface area (Å²) in [4.78, 5) is 0. The summed E-state index contributed by atoms with van der Waals surface area (Å²) >= 11 is 0. The molecule has 0 amide bonds. The van der Waals surface area contributed by atoms with E-state index in [-0.39, 0.29) is 24.2 Å². The van der Waals surface area contributed by atoms with Gasteiger partial charge in [-0.05, 0) is 50.6 Å². The van der Waals surface area contributed by atoms with E-state index >= 15 is 0 Å². The third-order valence-electron chi connectivity index (χ3n) is 3.98. The minimum Gasteiger partial charge on any atom is -0.396 e. The number of hydrogen-bond donors (Lipinski definition) is 2. The third kappa shape index (κ3) is 3.66. The van der Waals surface area contributed by atoms with Gasteiger partial charge in [0, 0.05) is 19.7 Å². The van der Waals surface area contributed by atoms with Crippen molar-refractivity contribution in [1.82, 2.24) is 9.62 Å². The first kappa shape index (κ1) is 14.2. The predicted molar refractivity (Wildman–Crippen MR) is 70.8 cm³/mol. The highest BCUT2D eigenvalue weighted by Gasteiger charge is 2.31. The van der Waals surface area contributed by atoms with Crippen LogP contribution in [0.25, 0.3) is 0 Å². The van der Waals surface area contributed by atoms with Gasteiger partial charge in [-0.2, -0.15) is 0 Å². The van der Waals surface area contributed by atoms with Crippen molar-refractivity contribution in [2.45, 2.75) is 25.7 Å². The molecular formula is C12H24N2O3S. The molecule has 5 nitrogen and oxygen atoms in total. The molecule has 2 fully saturated rings. The molecule has 2 rings (SSSR count). The lowest BCUT2D eigenvalue weighted by atomic mass is 10.0. The van der Waals surface area contributed by atoms with Gasteiger partial charge in [-0.1, -0.05) is 0 Å². The van der Waals surface area contributed by atoms with Gasteiger partial charge in [-0.3, -0.25) is 0 Å². The van der Waals surface area contributed by atoms with E-state index in [4.69, 9.17) is 5.11 Å². The average Bonchev–Trinajstić information content (AvgIpc) is 2.39. The molecule has 2 atom stereocenters. The minimum absolute atomic E-state index is 0.0943. The molecule has 0 bridgehead atoms. The van der Waals surface area contributed by atoms with Crippen molar-refractivity contribution in [2.75, 3.05) is 38.5 Å². The van der Waals surface area contributed by atoms with Gasteiger partial charge in [0.1, 0.15) is 0 Å². The van der Waals surface area contributed by atoms with Crippen LogP contribution in [-0.2, 0) is 10.0 Å². The lowest BCUT2D eigenvalue weighted by Gasteiger charge is -2.32. The second kappa shape index (κ2) is 6.32. The van der Waals surface area contributed by atoms with Crippen LogP contribution >= 0.6 is 0 Å². The number of aliphatic hydroxyl groups excluding tert-OH is 1. The number of hydrogen-bond acceptors (Lipinski definition) is 4. The van der Waals surface area contributed by atoms with Gasteiger partial charge >= 0.3 is 0 Å². The second-order valence-corrected chi connectivity index (χ2v) is 7.55. The summed E-state index contributed by atoms with van der Waals surface area (Å²) in [5.74, 6) is 0.634. The Kier molecular flexibility index (Phi) is 5.00. The summed E-state index contributed by atoms with van der Waals surface area (Å²) in [6, 6.07) is 0. The number of piperidine rings is 2. The van der Waals surface area contributed by atoms with E-state index in [1.54, 1.807) is 4.31 Å². The molecule has 2 aliphatic rings. The average molecular weight is 276 g/mol. The molecule has 0 saturated carbocycles. The Morgan fingerprint density at radius 2 is 2.00 bits per heavy atom. The largest absolute Gasteiger partial charge is 0.396 e. The van der Waals surface area contributed by atoms with Crippen molar-refractivity contribution in [3.05, 3.63) is 0 Å². The molecule has 0 radical (unpaired) electrons. The maximum Gasteiger partial charge on any atom is 0.214 e. The lowest BCUT2D eigenvalue weighted by Crippen LogP contribution is -2.44. The number of sulfonamides is 1. The highest BCUT2D eigenvalue weighted by molar-refractivity contribution is 7.89. The van der Waals surface area contributed by atoms with Gasteiger partial charge in [-0.15, -0.1) is 0 Å². The van der Waals surface area contributed by atoms with Crippen molar-refractivity contribution >= 4 is 10.0 Å². The fraction of sp³-hybridized carbons (Fsp3) is 1.00. The SMILES string of the molecule is O=S(=O)(CC1CCCNC1)N1CCCC(CO)C1. The Labute approximate surface area is 110 Å². The highest BCUT2D eigenvalue weighted by Crippen LogP contribution is 2.21. The van der Waals surface area contributed by atoms with Gasteiger partial charge in [0.2, 0.25) is 10.0 Å². The van der Waals surface area contributed by atoms with Gasteiger partial charge in [0.15, 0.2) is 0 Å². The molecule has 0 spiro atoms. The molecule has 2 heterocycles. The summed E-state index contributed by atoms with van der Waals surface area (Å²) in [7, 11) is -3.14. The van der Waals surface area contributed by atoms with E-state index in [9.17, 15) is 8.42 Å². The zero-order valence-electron chi connectivity index (χ0n) is 10.8. The zero-order valence-corrected chi connectivity index (χ0v) is 11.7. The zero-order chi connectivity index (χ0) is 13.0. The first-order chi connectivity index (χ1) is 8.62. The van der Waals surface area contributed by atoms with Crippen LogP contribution in [0, 0.1) is 11.8 Å². The summed E-state index contributed by atoms with van der Waals surface area (Å²) in [6.07, 6.45) is 3.88. The Morgan fingerprint density at radius 3 is 2.67 bits per heavy atom. The molecule has 106 valence electrons. The number of nitrogens with one attached hydrogen (secondary N) is 1. The summed E-state index contributed by atoms with van der Waals surface area (Å²) in [5, 5.41) is 12.4. The molecule has 0 aromatic carbocycles. The summed E-state index contributed by atoms with van der Waals surface area (Å²) in [5.41, 5.74) is 0. The summed E-state index contributed by atoms with van der Waals surface area (Å²) < 4.78 is 26.3. The monoisotopic (exact) mass is 276 g/mol. The first-order valence-electron chi connectivity index (χ1n) is 6.91. The van der Waals surface area contributed by atoms with E-state index < -0.39 is 10.0 Å².